The molecule has 0 aliphatic carbocycles. The van der Waals surface area contributed by atoms with Crippen LogP contribution in [0, 0.1) is 17.2 Å². The van der Waals surface area contributed by atoms with Gasteiger partial charge in [-0.2, -0.15) is 5.26 Å². The molecule has 1 aliphatic rings. The zero-order chi connectivity index (χ0) is 7.40. The third-order valence-corrected chi connectivity index (χ3v) is 2.68. The van der Waals surface area contributed by atoms with Crippen LogP contribution >= 0.6 is 11.8 Å². The lowest BCUT2D eigenvalue weighted by atomic mass is 10.1. The predicted molar refractivity (Wildman–Crippen MR) is 44.1 cm³/mol. The number of nitrogens with zero attached hydrogens (tertiary/aromatic N) is 2. The minimum absolute atomic E-state index is 0.115. The van der Waals surface area contributed by atoms with Crippen molar-refractivity contribution in [2.45, 2.75) is 18.7 Å². The summed E-state index contributed by atoms with van der Waals surface area (Å²) in [5.41, 5.74) is 0. The average molecular weight is 154 g/mol. The maximum absolute atomic E-state index is 8.65. The number of aliphatic imine (C=N–C) groups is 1. The van der Waals surface area contributed by atoms with Gasteiger partial charge in [-0.3, -0.25) is 4.99 Å². The van der Waals surface area contributed by atoms with Gasteiger partial charge in [0.1, 0.15) is 5.37 Å². The lowest BCUT2D eigenvalue weighted by Crippen LogP contribution is -2.09. The fourth-order valence-corrected chi connectivity index (χ4v) is 1.94. The van der Waals surface area contributed by atoms with E-state index in [0.717, 1.165) is 12.2 Å². The Hall–Kier alpha value is -0.490. The van der Waals surface area contributed by atoms with Crippen LogP contribution in [0.4, 0.5) is 0 Å². The van der Waals surface area contributed by atoms with Crippen LogP contribution in [-0.2, 0) is 0 Å². The predicted octanol–water partition coefficient (Wildman–Crippen LogP) is 1.68. The zero-order valence-corrected chi connectivity index (χ0v) is 6.77. The van der Waals surface area contributed by atoms with Crippen molar-refractivity contribution in [1.82, 2.24) is 0 Å². The van der Waals surface area contributed by atoms with E-state index < -0.39 is 0 Å². The van der Waals surface area contributed by atoms with Crippen LogP contribution in [0.5, 0.6) is 0 Å². The van der Waals surface area contributed by atoms with Crippen LogP contribution in [0.3, 0.4) is 0 Å². The second-order valence-corrected chi connectivity index (χ2v) is 3.35. The molecule has 1 aliphatic heterocycles. The molecule has 0 aromatic heterocycles. The zero-order valence-electron chi connectivity index (χ0n) is 5.95. The number of hydrogen-bond donors (Lipinski definition) is 0. The molecule has 10 heavy (non-hydrogen) atoms. The van der Waals surface area contributed by atoms with Crippen molar-refractivity contribution >= 4 is 18.0 Å². The fourth-order valence-electron chi connectivity index (χ4n) is 0.908. The minimum atomic E-state index is 0.115. The van der Waals surface area contributed by atoms with Crippen LogP contribution in [0.25, 0.3) is 0 Å². The molecule has 2 nitrogen and oxygen atoms in total. The molecule has 0 N–H and O–H groups in total. The van der Waals surface area contributed by atoms with Gasteiger partial charge in [0.2, 0.25) is 0 Å². The lowest BCUT2D eigenvalue weighted by molar-refractivity contribution is 0.625. The molecule has 3 heteroatoms. The first-order valence-corrected chi connectivity index (χ1v) is 4.46. The minimum Gasteiger partial charge on any atom is -0.281 e. The van der Waals surface area contributed by atoms with E-state index in [2.05, 4.69) is 11.1 Å². The van der Waals surface area contributed by atoms with Gasteiger partial charge in [0.15, 0.2) is 0 Å². The van der Waals surface area contributed by atoms with Crippen LogP contribution in [0.2, 0.25) is 0 Å². The smallest absolute Gasteiger partial charge is 0.111 e. The van der Waals surface area contributed by atoms with E-state index >= 15 is 0 Å². The highest BCUT2D eigenvalue weighted by atomic mass is 32.2. The summed E-state index contributed by atoms with van der Waals surface area (Å²) in [5, 5.41) is 8.87. The maximum atomic E-state index is 8.65. The molecule has 1 rings (SSSR count). The highest BCUT2D eigenvalue weighted by molar-refractivity contribution is 8.00. The van der Waals surface area contributed by atoms with E-state index in [1.807, 2.05) is 13.1 Å². The summed E-state index contributed by atoms with van der Waals surface area (Å²) in [6, 6.07) is 2.26. The molecule has 0 spiro atoms. The number of thioether (sulfide) groups is 1. The van der Waals surface area contributed by atoms with Crippen molar-refractivity contribution in [3.63, 3.8) is 0 Å². The average Bonchev–Trinajstić information content (AvgIpc) is 2.43. The van der Waals surface area contributed by atoms with Crippen molar-refractivity contribution in [1.29, 1.82) is 5.26 Å². The lowest BCUT2D eigenvalue weighted by Gasteiger charge is -2.09. The monoisotopic (exact) mass is 154 g/mol. The summed E-state index contributed by atoms with van der Waals surface area (Å²) < 4.78 is 0. The Labute approximate surface area is 65.3 Å². The molecule has 0 fully saturated rings. The van der Waals surface area contributed by atoms with Gasteiger partial charge in [-0.05, 0) is 6.42 Å². The topological polar surface area (TPSA) is 36.1 Å². The molecule has 0 saturated carbocycles. The van der Waals surface area contributed by atoms with Gasteiger partial charge in [0.25, 0.3) is 0 Å². The normalized spacial score (nSPS) is 26.2. The summed E-state index contributed by atoms with van der Waals surface area (Å²) >= 11 is 1.75. The van der Waals surface area contributed by atoms with Crippen LogP contribution in [0.1, 0.15) is 13.3 Å². The molecule has 0 saturated heterocycles. The third-order valence-electron chi connectivity index (χ3n) is 1.54. The van der Waals surface area contributed by atoms with Gasteiger partial charge in [-0.25, -0.2) is 0 Å². The van der Waals surface area contributed by atoms with E-state index in [-0.39, 0.29) is 11.3 Å². The van der Waals surface area contributed by atoms with E-state index in [9.17, 15) is 0 Å². The van der Waals surface area contributed by atoms with Crippen molar-refractivity contribution in [2.24, 2.45) is 10.9 Å². The molecular formula is C7H10N2S. The Balaban J connectivity index is 2.47. The number of nitriles is 1. The summed E-state index contributed by atoms with van der Waals surface area (Å²) in [5.74, 6) is 1.09. The van der Waals surface area contributed by atoms with Crippen LogP contribution in [-0.4, -0.2) is 17.3 Å². The second kappa shape index (κ2) is 3.62. The molecule has 2 atom stereocenters. The SMILES string of the molecule is CCC(C#N)C1N=CCS1. The fraction of sp³-hybridized carbons (Fsp3) is 0.714. The summed E-state index contributed by atoms with van der Waals surface area (Å²) in [6.45, 7) is 2.03. The first-order valence-electron chi connectivity index (χ1n) is 3.41. The van der Waals surface area contributed by atoms with Crippen molar-refractivity contribution in [3.05, 3.63) is 0 Å². The van der Waals surface area contributed by atoms with Crippen molar-refractivity contribution in [3.8, 4) is 6.07 Å². The van der Waals surface area contributed by atoms with Gasteiger partial charge >= 0.3 is 0 Å². The molecule has 0 aromatic carbocycles. The highest BCUT2D eigenvalue weighted by Crippen LogP contribution is 2.25. The highest BCUT2D eigenvalue weighted by Gasteiger charge is 2.20. The van der Waals surface area contributed by atoms with Gasteiger partial charge in [-0.15, -0.1) is 11.8 Å². The first-order chi connectivity index (χ1) is 4.88. The molecular weight excluding hydrogens is 144 g/mol. The molecule has 1 heterocycles. The molecule has 2 unspecified atom stereocenters. The van der Waals surface area contributed by atoms with E-state index in [1.165, 1.54) is 0 Å². The first kappa shape index (κ1) is 7.62. The largest absolute Gasteiger partial charge is 0.281 e. The molecule has 0 bridgehead atoms. The number of hydrogen-bond acceptors (Lipinski definition) is 3. The Kier molecular flexibility index (Phi) is 2.76. The molecule has 0 aromatic rings. The van der Waals surface area contributed by atoms with Crippen molar-refractivity contribution < 1.29 is 0 Å². The quantitative estimate of drug-likeness (QED) is 0.606. The van der Waals surface area contributed by atoms with Crippen LogP contribution in [0.15, 0.2) is 4.99 Å². The van der Waals surface area contributed by atoms with Gasteiger partial charge in [-0.1, -0.05) is 6.92 Å². The van der Waals surface area contributed by atoms with Gasteiger partial charge in [0.05, 0.1) is 12.0 Å². The Morgan fingerprint density at radius 3 is 3.20 bits per heavy atom. The summed E-state index contributed by atoms with van der Waals surface area (Å²) in [6.07, 6.45) is 2.81. The molecule has 0 amide bonds. The third kappa shape index (κ3) is 1.51. The van der Waals surface area contributed by atoms with E-state index in [1.54, 1.807) is 11.8 Å². The summed E-state index contributed by atoms with van der Waals surface area (Å²) in [4.78, 5) is 4.19. The Bertz CT molecular complexity index is 171. The Morgan fingerprint density at radius 1 is 2.00 bits per heavy atom. The maximum Gasteiger partial charge on any atom is 0.111 e. The second-order valence-electron chi connectivity index (χ2n) is 2.20. The van der Waals surface area contributed by atoms with Crippen LogP contribution < -0.4 is 0 Å². The Morgan fingerprint density at radius 2 is 2.80 bits per heavy atom. The summed E-state index contributed by atoms with van der Waals surface area (Å²) in [7, 11) is 0. The van der Waals surface area contributed by atoms with E-state index in [4.69, 9.17) is 5.26 Å². The standard InChI is InChI=1S/C7H10N2S/c1-2-6(5-8)7-9-3-4-10-7/h3,6-7H,2,4H2,1H3. The molecule has 54 valence electrons. The van der Waals surface area contributed by atoms with Gasteiger partial charge < -0.3 is 0 Å². The van der Waals surface area contributed by atoms with Gasteiger partial charge in [0, 0.05) is 12.0 Å². The van der Waals surface area contributed by atoms with E-state index in [0.29, 0.717) is 0 Å². The number of rotatable bonds is 2. The molecule has 0 radical (unpaired) electrons. The van der Waals surface area contributed by atoms with Crippen molar-refractivity contribution in [2.75, 3.05) is 5.75 Å².